The van der Waals surface area contributed by atoms with E-state index in [4.69, 9.17) is 26.6 Å². The van der Waals surface area contributed by atoms with Gasteiger partial charge in [0, 0.05) is 152 Å². The minimum absolute atomic E-state index is 0.202. The number of hydrogen-bond acceptors (Lipinski definition) is 6. The van der Waals surface area contributed by atoms with Crippen LogP contribution in [0, 0.1) is 0 Å². The molecule has 0 atom stereocenters. The third kappa shape index (κ3) is 15.5. The third-order valence-corrected chi connectivity index (χ3v) is 27.3. The first-order valence-electron chi connectivity index (χ1n) is 47.3. The van der Waals surface area contributed by atoms with E-state index in [1.165, 1.54) is 153 Å². The Kier molecular flexibility index (Phi) is 22.2. The molecule has 0 aliphatic rings. The lowest BCUT2D eigenvalue weighted by molar-refractivity contribution is 0.953. The maximum Gasteiger partial charge on any atom is 0.238 e. The van der Waals surface area contributed by atoms with E-state index in [-0.39, 0.29) is 5.28 Å². The molecule has 0 aliphatic heterocycles. The molecule has 0 aliphatic carbocycles. The molecular formula is C126H84BrClN14. The molecule has 672 valence electrons. The smallest absolute Gasteiger partial charge is 0.238 e. The van der Waals surface area contributed by atoms with Gasteiger partial charge in [-0.1, -0.05) is 404 Å². The van der Waals surface area contributed by atoms with Crippen LogP contribution in [0.3, 0.4) is 0 Å². The second-order valence-corrected chi connectivity index (χ2v) is 36.2. The number of H-pyrrole nitrogens is 4. The first-order chi connectivity index (χ1) is 70.3. The molecule has 30 aromatic rings. The Bertz CT molecular complexity index is 9520. The van der Waals surface area contributed by atoms with Gasteiger partial charge in [0.2, 0.25) is 11.2 Å². The number of para-hydroxylation sites is 11. The summed E-state index contributed by atoms with van der Waals surface area (Å²) in [5.74, 6) is 3.02. The molecule has 0 bridgehead atoms. The highest BCUT2D eigenvalue weighted by Crippen LogP contribution is 2.46. The van der Waals surface area contributed by atoms with Crippen LogP contribution >= 0.6 is 27.5 Å². The summed E-state index contributed by atoms with van der Waals surface area (Å²) < 4.78 is 10.5. The van der Waals surface area contributed by atoms with Crippen molar-refractivity contribution in [3.63, 3.8) is 0 Å². The highest BCUT2D eigenvalue weighted by molar-refractivity contribution is 9.10. The van der Waals surface area contributed by atoms with E-state index in [1.54, 1.807) is 0 Å². The Morgan fingerprint density at radius 3 is 0.697 bits per heavy atom. The number of nitrogens with zero attached hydrogens (tertiary/aromatic N) is 10. The number of rotatable bonds is 8. The lowest BCUT2D eigenvalue weighted by Gasteiger charge is -2.13. The molecular weight excluding hydrogens is 1820 g/mol. The Balaban J connectivity index is 0.0000000948. The van der Waals surface area contributed by atoms with E-state index >= 15 is 0 Å². The summed E-state index contributed by atoms with van der Waals surface area (Å²) in [6.07, 6.45) is 0. The van der Waals surface area contributed by atoms with Crippen molar-refractivity contribution in [1.29, 1.82) is 0 Å². The summed E-state index contributed by atoms with van der Waals surface area (Å²) >= 11 is 9.30. The zero-order chi connectivity index (χ0) is 94.5. The fourth-order valence-corrected chi connectivity index (χ4v) is 20.8. The topological polar surface area (TPSA) is 160 Å². The summed E-state index contributed by atoms with van der Waals surface area (Å²) in [4.78, 5) is 42.6. The Labute approximate surface area is 827 Å². The molecule has 30 rings (SSSR count). The Morgan fingerprint density at radius 1 is 0.176 bits per heavy atom. The highest BCUT2D eigenvalue weighted by atomic mass is 79.9. The zero-order valence-electron chi connectivity index (χ0n) is 76.4. The van der Waals surface area contributed by atoms with Crippen molar-refractivity contribution in [2.75, 3.05) is 0 Å². The van der Waals surface area contributed by atoms with E-state index in [9.17, 15) is 0 Å². The van der Waals surface area contributed by atoms with Crippen molar-refractivity contribution in [2.45, 2.75) is 0 Å². The minimum atomic E-state index is 0.202. The number of aromatic nitrogens is 14. The van der Waals surface area contributed by atoms with Gasteiger partial charge in [-0.2, -0.15) is 19.9 Å². The number of fused-ring (bicyclic) bond motifs is 28. The molecule has 0 radical (unpaired) electrons. The van der Waals surface area contributed by atoms with Crippen LogP contribution in [0.1, 0.15) is 0 Å². The van der Waals surface area contributed by atoms with Crippen molar-refractivity contribution in [3.05, 3.63) is 495 Å². The molecule has 0 fully saturated rings. The average Bonchev–Trinajstić information content (AvgIpc) is 1.56. The van der Waals surface area contributed by atoms with E-state index in [0.29, 0.717) is 29.2 Å². The normalized spacial score (nSPS) is 11.5. The van der Waals surface area contributed by atoms with Gasteiger partial charge < -0.3 is 33.6 Å². The van der Waals surface area contributed by atoms with Gasteiger partial charge in [-0.05, 0) is 109 Å². The summed E-state index contributed by atoms with van der Waals surface area (Å²) in [6.45, 7) is 0. The van der Waals surface area contributed by atoms with Gasteiger partial charge in [0.05, 0.1) is 66.2 Å². The number of aromatic amines is 4. The summed E-state index contributed by atoms with van der Waals surface area (Å²) in [5, 5.41) is 20.2. The largest absolute Gasteiger partial charge is 0.353 e. The molecule has 0 unspecified atom stereocenters. The van der Waals surface area contributed by atoms with Gasteiger partial charge in [-0.3, -0.25) is 4.57 Å². The molecule has 0 saturated carbocycles. The third-order valence-electron chi connectivity index (χ3n) is 26.6. The molecule has 142 heavy (non-hydrogen) atoms. The molecule has 14 nitrogen and oxygen atoms in total. The van der Waals surface area contributed by atoms with Gasteiger partial charge in [-0.15, -0.1) is 0 Å². The van der Waals surface area contributed by atoms with E-state index in [1.807, 2.05) is 152 Å². The van der Waals surface area contributed by atoms with Gasteiger partial charge in [0.1, 0.15) is 0 Å². The fraction of sp³-hybridized carbons (Fsp3) is 0. The number of nitrogens with one attached hydrogen (secondary N) is 4. The summed E-state index contributed by atoms with van der Waals surface area (Å²) in [5.41, 5.74) is 26.1. The van der Waals surface area contributed by atoms with Crippen LogP contribution in [0.5, 0.6) is 0 Å². The number of halogens is 2. The quantitative estimate of drug-likeness (QED) is 0.118. The number of hydrogen-bond donors (Lipinski definition) is 4. The maximum atomic E-state index is 5.99. The molecule has 0 spiro atoms. The lowest BCUT2D eigenvalue weighted by Crippen LogP contribution is -2.07. The fourth-order valence-electron chi connectivity index (χ4n) is 20.3. The predicted molar refractivity (Wildman–Crippen MR) is 595 cm³/mol. The van der Waals surface area contributed by atoms with Crippen molar-refractivity contribution >= 4 is 202 Å². The second kappa shape index (κ2) is 36.9. The second-order valence-electron chi connectivity index (χ2n) is 34.9. The van der Waals surface area contributed by atoms with Crippen LogP contribution in [0.2, 0.25) is 5.28 Å². The maximum absolute atomic E-state index is 5.99. The van der Waals surface area contributed by atoms with Crippen molar-refractivity contribution in [1.82, 2.24) is 68.1 Å². The van der Waals surface area contributed by atoms with Crippen molar-refractivity contribution in [2.24, 2.45) is 0 Å². The first kappa shape index (κ1) is 85.3. The highest BCUT2D eigenvalue weighted by Gasteiger charge is 2.26. The summed E-state index contributed by atoms with van der Waals surface area (Å²) in [6, 6.07) is 168. The van der Waals surface area contributed by atoms with Crippen LogP contribution in [0.25, 0.3) is 243 Å². The van der Waals surface area contributed by atoms with Crippen LogP contribution in [0.15, 0.2) is 490 Å². The van der Waals surface area contributed by atoms with Crippen LogP contribution in [-0.4, -0.2) is 68.1 Å². The SMILES string of the molecule is Brc1ccccc1.Clc1nc(-c2ccccc2)nc(-c2ccccc2)n1.c1ccc(-c2nc(-c3ccccc3)nc(-n3c4ccccc4c4ccc5c6ccccc6n(-c6ccccc6)c5c43)n2)cc1.c1ccc(-n2c3ccccc3c3ccc4c5ccccc5[nH]c4c32)cc1.c1ccc(-n2c3ccccc3c3ccc4c5ccccc5[nH]c4c32)cc1.c1ccc2c(c1)[nH]c1c2ccc2c3ccccc3[nH]c21. The molecule has 10 heterocycles. The molecule has 10 aromatic heterocycles. The Hall–Kier alpha value is -18.4. The van der Waals surface area contributed by atoms with Crippen molar-refractivity contribution in [3.8, 4) is 68.6 Å². The number of benzene rings is 20. The molecule has 4 N–H and O–H groups in total. The lowest BCUT2D eigenvalue weighted by atomic mass is 10.1. The monoisotopic (exact) mass is 1910 g/mol. The predicted octanol–water partition coefficient (Wildman–Crippen LogP) is 33.5. The zero-order valence-corrected chi connectivity index (χ0v) is 78.8. The van der Waals surface area contributed by atoms with Gasteiger partial charge in [0.25, 0.3) is 0 Å². The molecule has 20 aromatic carbocycles. The van der Waals surface area contributed by atoms with E-state index in [2.05, 4.69) is 403 Å². The minimum Gasteiger partial charge on any atom is -0.353 e. The standard InChI is InChI=1S/C39H25N5.2C24H16N2.C18H12N2.C15H10ClN3.C6H5Br/c1-4-14-26(15-5-1)37-40-38(27-16-6-2-7-17-27)42-39(41-37)44-34-23-13-11-21-30(34)32-25-24-31-29-20-10-12-22-33(29)43(35(31)36(32)44)28-18-8-3-9-19-28;2*1-2-8-16(9-3-1)26-22-13-7-5-11-18(22)20-15-14-19-17-10-4-6-12-21(17)25-23(19)24(20)26;1-3-7-15-11(5-1)13-9-10-14-12-6-2-4-8-16(12)20-18(14)17(13)19-15;16-15-18-13(11-7-3-1-4-8-11)17-14(19-15)12-9-5-2-6-10-12;7-6-4-2-1-3-5-6/h1-25H;2*1-15,25H;1-10,19-20H;1-10H;1-5H. The van der Waals surface area contributed by atoms with Crippen LogP contribution < -0.4 is 0 Å². The van der Waals surface area contributed by atoms with Gasteiger partial charge in [0.15, 0.2) is 23.3 Å². The van der Waals surface area contributed by atoms with Crippen LogP contribution in [-0.2, 0) is 0 Å². The Morgan fingerprint density at radius 2 is 0.394 bits per heavy atom. The van der Waals surface area contributed by atoms with Crippen molar-refractivity contribution < 1.29 is 0 Å². The van der Waals surface area contributed by atoms with E-state index < -0.39 is 0 Å². The van der Waals surface area contributed by atoms with Gasteiger partial charge in [-0.25, -0.2) is 9.97 Å². The average molecular weight is 1910 g/mol. The molecule has 0 amide bonds. The van der Waals surface area contributed by atoms with Crippen LogP contribution in [0.4, 0.5) is 0 Å². The van der Waals surface area contributed by atoms with E-state index in [0.717, 1.165) is 65.3 Å². The van der Waals surface area contributed by atoms with Gasteiger partial charge >= 0.3 is 0 Å². The molecule has 16 heteroatoms. The molecule has 0 saturated heterocycles. The first-order valence-corrected chi connectivity index (χ1v) is 48.5. The summed E-state index contributed by atoms with van der Waals surface area (Å²) in [7, 11) is 0.